The van der Waals surface area contributed by atoms with E-state index in [-0.39, 0.29) is 30.7 Å². The minimum atomic E-state index is -0.173. The number of halogens is 2. The third-order valence-corrected chi connectivity index (χ3v) is 3.90. The van der Waals surface area contributed by atoms with Gasteiger partial charge in [0.25, 0.3) is 5.91 Å². The van der Waals surface area contributed by atoms with Gasteiger partial charge in [-0.1, -0.05) is 22.7 Å². The van der Waals surface area contributed by atoms with Crippen molar-refractivity contribution in [3.63, 3.8) is 0 Å². The lowest BCUT2D eigenvalue weighted by molar-refractivity contribution is 0.0954. The lowest BCUT2D eigenvalue weighted by atomic mass is 10.2. The minimum absolute atomic E-state index is 0. The van der Waals surface area contributed by atoms with Gasteiger partial charge in [0.05, 0.1) is 5.69 Å². The number of hydrogen-bond donors (Lipinski definition) is 1. The summed E-state index contributed by atoms with van der Waals surface area (Å²) in [5, 5.41) is 6.69. The molecule has 0 aliphatic rings. The molecule has 0 bridgehead atoms. The van der Waals surface area contributed by atoms with Gasteiger partial charge in [0, 0.05) is 18.8 Å². The molecule has 3 rings (SSSR count). The number of carbonyl (C=O) groups is 1. The first kappa shape index (κ1) is 20.8. The maximum Gasteiger partial charge on any atom is 0.265 e. The Kier molecular flexibility index (Phi) is 8.27. The minimum Gasteiger partial charge on any atom is -0.439 e. The Morgan fingerprint density at radius 3 is 2.72 bits per heavy atom. The predicted octanol–water partition coefficient (Wildman–Crippen LogP) is 3.81. The molecule has 0 atom stereocenters. The molecule has 0 spiro atoms. The van der Waals surface area contributed by atoms with Crippen molar-refractivity contribution in [2.24, 2.45) is 0 Å². The van der Waals surface area contributed by atoms with Crippen LogP contribution >= 0.6 is 36.3 Å². The van der Waals surface area contributed by atoms with Crippen molar-refractivity contribution >= 4 is 42.3 Å². The number of nitrogens with zero attached hydrogens (tertiary/aromatic N) is 3. The van der Waals surface area contributed by atoms with Crippen LogP contribution in [0.3, 0.4) is 0 Å². The molecule has 9 heteroatoms. The number of rotatable bonds is 5. The Hall–Kier alpha value is -2.22. The number of pyridine rings is 1. The highest BCUT2D eigenvalue weighted by Gasteiger charge is 2.12. The fourth-order valence-electron chi connectivity index (χ4n) is 1.95. The van der Waals surface area contributed by atoms with Crippen molar-refractivity contribution < 1.29 is 9.53 Å². The first-order valence-electron chi connectivity index (χ1n) is 6.97. The van der Waals surface area contributed by atoms with Gasteiger partial charge in [-0.05, 0) is 42.2 Å². The third-order valence-electron chi connectivity index (χ3n) is 3.07. The highest BCUT2D eigenvalue weighted by Crippen LogP contribution is 2.20. The van der Waals surface area contributed by atoms with E-state index in [0.717, 1.165) is 17.1 Å². The molecule has 25 heavy (non-hydrogen) atoms. The van der Waals surface area contributed by atoms with Crippen LogP contribution in [0, 0.1) is 6.92 Å². The molecule has 0 fully saturated rings. The van der Waals surface area contributed by atoms with Crippen molar-refractivity contribution in [3.8, 4) is 11.6 Å². The van der Waals surface area contributed by atoms with E-state index < -0.39 is 0 Å². The molecule has 2 aromatic heterocycles. The summed E-state index contributed by atoms with van der Waals surface area (Å²) < 4.78 is 9.44. The number of amides is 1. The molecular formula is C16H16Cl2N4O2S. The van der Waals surface area contributed by atoms with Crippen LogP contribution in [0.5, 0.6) is 11.6 Å². The lowest BCUT2D eigenvalue weighted by Gasteiger charge is -2.07. The predicted molar refractivity (Wildman–Crippen MR) is 101 cm³/mol. The Morgan fingerprint density at radius 2 is 2.04 bits per heavy atom. The zero-order valence-electron chi connectivity index (χ0n) is 13.2. The van der Waals surface area contributed by atoms with Crippen LogP contribution in [0.4, 0.5) is 0 Å². The summed E-state index contributed by atoms with van der Waals surface area (Å²) in [6, 6.07) is 13.0. The number of aryl methyl sites for hydroxylation is 1. The molecular weight excluding hydrogens is 383 g/mol. The van der Waals surface area contributed by atoms with Crippen molar-refractivity contribution in [2.45, 2.75) is 13.5 Å². The fourth-order valence-corrected chi connectivity index (χ4v) is 2.52. The van der Waals surface area contributed by atoms with Gasteiger partial charge in [0.1, 0.15) is 10.6 Å². The Labute approximate surface area is 161 Å². The quantitative estimate of drug-likeness (QED) is 0.706. The Bertz CT molecular complexity index is 815. The van der Waals surface area contributed by atoms with Gasteiger partial charge < -0.3 is 10.1 Å². The second kappa shape index (κ2) is 9.93. The molecule has 1 N–H and O–H groups in total. The SMILES string of the molecule is Cc1nnsc1C(=O)NCc1cccc(Oc2ccccn2)c1.Cl.Cl. The van der Waals surface area contributed by atoms with Crippen LogP contribution in [0.2, 0.25) is 0 Å². The Balaban J connectivity index is 0.00000156. The van der Waals surface area contributed by atoms with Crippen molar-refractivity contribution in [3.05, 3.63) is 64.8 Å². The zero-order chi connectivity index (χ0) is 16.1. The van der Waals surface area contributed by atoms with Gasteiger partial charge in [-0.2, -0.15) is 0 Å². The maximum absolute atomic E-state index is 12.1. The summed E-state index contributed by atoms with van der Waals surface area (Å²) in [6.45, 7) is 2.16. The standard InChI is InChI=1S/C16H14N4O2S.2ClH/c1-11-15(23-20-19-11)16(21)18-10-12-5-4-6-13(9-12)22-14-7-2-3-8-17-14;;/h2-9H,10H2,1H3,(H,18,21);2*1H. The summed E-state index contributed by atoms with van der Waals surface area (Å²) in [5.74, 6) is 1.03. The molecule has 0 saturated heterocycles. The lowest BCUT2D eigenvalue weighted by Crippen LogP contribution is -2.22. The van der Waals surface area contributed by atoms with Gasteiger partial charge >= 0.3 is 0 Å². The van der Waals surface area contributed by atoms with Gasteiger partial charge in [0.2, 0.25) is 5.88 Å². The fraction of sp³-hybridized carbons (Fsp3) is 0.125. The maximum atomic E-state index is 12.1. The van der Waals surface area contributed by atoms with Crippen molar-refractivity contribution in [2.75, 3.05) is 0 Å². The second-order valence-corrected chi connectivity index (χ2v) is 5.54. The largest absolute Gasteiger partial charge is 0.439 e. The number of benzene rings is 1. The summed E-state index contributed by atoms with van der Waals surface area (Å²) in [5.41, 5.74) is 1.57. The molecule has 132 valence electrons. The first-order chi connectivity index (χ1) is 11.2. The van der Waals surface area contributed by atoms with E-state index in [1.165, 1.54) is 0 Å². The van der Waals surface area contributed by atoms with E-state index in [0.29, 0.717) is 28.7 Å². The normalized spacial score (nSPS) is 9.48. The van der Waals surface area contributed by atoms with E-state index in [1.54, 1.807) is 19.2 Å². The monoisotopic (exact) mass is 398 g/mol. The van der Waals surface area contributed by atoms with Crippen molar-refractivity contribution in [1.82, 2.24) is 19.9 Å². The molecule has 2 heterocycles. The van der Waals surface area contributed by atoms with Crippen LogP contribution in [0.1, 0.15) is 20.9 Å². The smallest absolute Gasteiger partial charge is 0.265 e. The molecule has 0 saturated carbocycles. The van der Waals surface area contributed by atoms with E-state index >= 15 is 0 Å². The molecule has 0 aliphatic heterocycles. The molecule has 3 aromatic rings. The Morgan fingerprint density at radius 1 is 1.20 bits per heavy atom. The van der Waals surface area contributed by atoms with E-state index in [9.17, 15) is 4.79 Å². The van der Waals surface area contributed by atoms with Crippen LogP contribution in [0.15, 0.2) is 48.7 Å². The highest BCUT2D eigenvalue weighted by atomic mass is 35.5. The number of ether oxygens (including phenoxy) is 1. The first-order valence-corrected chi connectivity index (χ1v) is 7.75. The average Bonchev–Trinajstić information content (AvgIpc) is 3.00. The molecule has 0 radical (unpaired) electrons. The number of carbonyl (C=O) groups excluding carboxylic acids is 1. The van der Waals surface area contributed by atoms with Crippen LogP contribution in [-0.2, 0) is 6.54 Å². The van der Waals surface area contributed by atoms with E-state index in [4.69, 9.17) is 4.74 Å². The summed E-state index contributed by atoms with van der Waals surface area (Å²) in [6.07, 6.45) is 1.67. The molecule has 1 aromatic carbocycles. The summed E-state index contributed by atoms with van der Waals surface area (Å²) >= 11 is 1.09. The molecule has 6 nitrogen and oxygen atoms in total. The van der Waals surface area contributed by atoms with Crippen molar-refractivity contribution in [1.29, 1.82) is 0 Å². The van der Waals surface area contributed by atoms with Crippen LogP contribution in [0.25, 0.3) is 0 Å². The average molecular weight is 399 g/mol. The van der Waals surface area contributed by atoms with Gasteiger partial charge in [0.15, 0.2) is 0 Å². The molecule has 0 unspecified atom stereocenters. The van der Waals surface area contributed by atoms with Crippen LogP contribution in [-0.4, -0.2) is 20.5 Å². The highest BCUT2D eigenvalue weighted by molar-refractivity contribution is 7.07. The molecule has 0 aliphatic carbocycles. The number of hydrogen-bond acceptors (Lipinski definition) is 6. The second-order valence-electron chi connectivity index (χ2n) is 4.79. The summed E-state index contributed by atoms with van der Waals surface area (Å²) in [4.78, 5) is 16.7. The van der Waals surface area contributed by atoms with E-state index in [1.807, 2.05) is 36.4 Å². The van der Waals surface area contributed by atoms with E-state index in [2.05, 4.69) is 19.9 Å². The van der Waals surface area contributed by atoms with Gasteiger partial charge in [-0.25, -0.2) is 4.98 Å². The molecule has 1 amide bonds. The number of aromatic nitrogens is 3. The zero-order valence-corrected chi connectivity index (χ0v) is 15.7. The number of nitrogens with one attached hydrogen (secondary N) is 1. The van der Waals surface area contributed by atoms with Crippen LogP contribution < -0.4 is 10.1 Å². The van der Waals surface area contributed by atoms with Gasteiger partial charge in [-0.3, -0.25) is 4.79 Å². The summed E-state index contributed by atoms with van der Waals surface area (Å²) in [7, 11) is 0. The topological polar surface area (TPSA) is 77.0 Å². The van der Waals surface area contributed by atoms with Gasteiger partial charge in [-0.15, -0.1) is 29.9 Å². The third kappa shape index (κ3) is 5.67.